The molecule has 1 aliphatic heterocycles. The molecule has 1 amide bonds. The first-order valence-electron chi connectivity index (χ1n) is 9.84. The third kappa shape index (κ3) is 4.79. The highest BCUT2D eigenvalue weighted by atomic mass is 32.1. The molecule has 2 aromatic carbocycles. The van der Waals surface area contributed by atoms with Gasteiger partial charge < -0.3 is 10.2 Å². The summed E-state index contributed by atoms with van der Waals surface area (Å²) >= 11 is 1.47. The van der Waals surface area contributed by atoms with Gasteiger partial charge in [0.15, 0.2) is 5.13 Å². The van der Waals surface area contributed by atoms with Crippen molar-refractivity contribution in [1.29, 1.82) is 5.26 Å². The van der Waals surface area contributed by atoms with Crippen molar-refractivity contribution in [2.75, 3.05) is 44.2 Å². The Labute approximate surface area is 182 Å². The standard InChI is InChI=1S/C21H20N6O3S/c22-14-15-1-3-16(4-2-15)20(28)23-7-8-25-9-11-26(12-10-25)21-24-18-6-5-17(27(29)30)13-19(18)31-21/h1-6,13H,7-12H2,(H,23,28). The second kappa shape index (κ2) is 9.07. The molecule has 158 valence electrons. The molecule has 4 rings (SSSR count). The number of hydrogen-bond acceptors (Lipinski definition) is 8. The molecule has 0 aliphatic carbocycles. The van der Waals surface area contributed by atoms with Crippen LogP contribution in [-0.4, -0.2) is 60.0 Å². The van der Waals surface area contributed by atoms with Crippen LogP contribution in [0.15, 0.2) is 42.5 Å². The van der Waals surface area contributed by atoms with Crippen molar-refractivity contribution < 1.29 is 9.72 Å². The number of nitro benzene ring substituents is 1. The first kappa shape index (κ1) is 20.7. The molecule has 1 saturated heterocycles. The Morgan fingerprint density at radius 3 is 2.61 bits per heavy atom. The van der Waals surface area contributed by atoms with E-state index in [4.69, 9.17) is 5.26 Å². The van der Waals surface area contributed by atoms with Gasteiger partial charge in [-0.1, -0.05) is 11.3 Å². The van der Waals surface area contributed by atoms with Crippen molar-refractivity contribution in [1.82, 2.24) is 15.2 Å². The molecule has 1 aliphatic rings. The normalized spacial score (nSPS) is 14.4. The lowest BCUT2D eigenvalue weighted by atomic mass is 10.1. The molecular formula is C21H20N6O3S. The zero-order valence-corrected chi connectivity index (χ0v) is 17.5. The Morgan fingerprint density at radius 1 is 1.19 bits per heavy atom. The lowest BCUT2D eigenvalue weighted by Gasteiger charge is -2.34. The fourth-order valence-electron chi connectivity index (χ4n) is 3.44. The number of anilines is 1. The number of fused-ring (bicyclic) bond motifs is 1. The van der Waals surface area contributed by atoms with Gasteiger partial charge in [0.05, 0.1) is 26.8 Å². The Hall–Kier alpha value is -3.55. The summed E-state index contributed by atoms with van der Waals surface area (Å²) in [6.07, 6.45) is 0. The number of nitriles is 1. The van der Waals surface area contributed by atoms with Crippen molar-refractivity contribution in [2.45, 2.75) is 0 Å². The highest BCUT2D eigenvalue weighted by Crippen LogP contribution is 2.31. The quantitative estimate of drug-likeness (QED) is 0.466. The molecule has 0 bridgehead atoms. The molecule has 0 atom stereocenters. The van der Waals surface area contributed by atoms with E-state index < -0.39 is 4.92 Å². The average Bonchev–Trinajstić information content (AvgIpc) is 3.23. The minimum absolute atomic E-state index is 0.0792. The van der Waals surface area contributed by atoms with Crippen molar-refractivity contribution in [3.63, 3.8) is 0 Å². The highest BCUT2D eigenvalue weighted by Gasteiger charge is 2.20. The number of carbonyl (C=O) groups excluding carboxylic acids is 1. The maximum absolute atomic E-state index is 12.2. The van der Waals surface area contributed by atoms with Crippen LogP contribution in [0.2, 0.25) is 0 Å². The molecule has 0 saturated carbocycles. The molecule has 0 unspecified atom stereocenters. The van der Waals surface area contributed by atoms with Gasteiger partial charge in [0.1, 0.15) is 0 Å². The van der Waals surface area contributed by atoms with Crippen LogP contribution in [0.5, 0.6) is 0 Å². The number of aromatic nitrogens is 1. The smallest absolute Gasteiger partial charge is 0.270 e. The topological polar surface area (TPSA) is 115 Å². The first-order valence-corrected chi connectivity index (χ1v) is 10.7. The second-order valence-corrected chi connectivity index (χ2v) is 8.19. The molecule has 2 heterocycles. The second-order valence-electron chi connectivity index (χ2n) is 7.18. The van der Waals surface area contributed by atoms with Crippen LogP contribution >= 0.6 is 11.3 Å². The molecule has 0 radical (unpaired) electrons. The molecule has 1 aromatic heterocycles. The molecule has 10 heteroatoms. The Morgan fingerprint density at radius 2 is 1.94 bits per heavy atom. The summed E-state index contributed by atoms with van der Waals surface area (Å²) in [5.41, 5.74) is 1.93. The Kier molecular flexibility index (Phi) is 6.06. The Balaban J connectivity index is 1.26. The SMILES string of the molecule is N#Cc1ccc(C(=O)NCCN2CCN(c3nc4ccc([N+](=O)[O-])cc4s3)CC2)cc1. The van der Waals surface area contributed by atoms with Gasteiger partial charge in [-0.15, -0.1) is 0 Å². The van der Waals surface area contributed by atoms with Gasteiger partial charge in [0.25, 0.3) is 11.6 Å². The monoisotopic (exact) mass is 436 g/mol. The summed E-state index contributed by atoms with van der Waals surface area (Å²) in [6, 6.07) is 13.4. The molecule has 1 fully saturated rings. The van der Waals surface area contributed by atoms with E-state index >= 15 is 0 Å². The third-order valence-corrected chi connectivity index (χ3v) is 6.28. The number of non-ortho nitro benzene ring substituents is 1. The highest BCUT2D eigenvalue weighted by molar-refractivity contribution is 7.22. The summed E-state index contributed by atoms with van der Waals surface area (Å²) in [5.74, 6) is -0.147. The molecule has 9 nitrogen and oxygen atoms in total. The van der Waals surface area contributed by atoms with Gasteiger partial charge in [-0.25, -0.2) is 4.98 Å². The van der Waals surface area contributed by atoms with Crippen LogP contribution in [0.1, 0.15) is 15.9 Å². The van der Waals surface area contributed by atoms with Crippen LogP contribution in [0.3, 0.4) is 0 Å². The zero-order valence-electron chi connectivity index (χ0n) is 16.7. The maximum Gasteiger partial charge on any atom is 0.270 e. The van der Waals surface area contributed by atoms with E-state index in [0.717, 1.165) is 48.1 Å². The molecule has 31 heavy (non-hydrogen) atoms. The van der Waals surface area contributed by atoms with Crippen LogP contribution in [0.4, 0.5) is 10.8 Å². The molecule has 0 spiro atoms. The Bertz CT molecular complexity index is 1150. The van der Waals surface area contributed by atoms with Gasteiger partial charge in [-0.3, -0.25) is 19.8 Å². The van der Waals surface area contributed by atoms with Crippen molar-refractivity contribution >= 4 is 38.3 Å². The lowest BCUT2D eigenvalue weighted by molar-refractivity contribution is -0.384. The number of rotatable bonds is 6. The van der Waals surface area contributed by atoms with Gasteiger partial charge in [0.2, 0.25) is 0 Å². The third-order valence-electron chi connectivity index (χ3n) is 5.20. The molecular weight excluding hydrogens is 416 g/mol. The fourth-order valence-corrected chi connectivity index (χ4v) is 4.49. The van der Waals surface area contributed by atoms with Gasteiger partial charge >= 0.3 is 0 Å². The lowest BCUT2D eigenvalue weighted by Crippen LogP contribution is -2.48. The van der Waals surface area contributed by atoms with Gasteiger partial charge in [-0.05, 0) is 30.3 Å². The predicted molar refractivity (Wildman–Crippen MR) is 118 cm³/mol. The minimum atomic E-state index is -0.391. The van der Waals surface area contributed by atoms with Crippen molar-refractivity contribution in [3.8, 4) is 6.07 Å². The van der Waals surface area contributed by atoms with Crippen LogP contribution in [0.25, 0.3) is 10.2 Å². The van der Waals surface area contributed by atoms with E-state index in [-0.39, 0.29) is 11.6 Å². The molecule has 1 N–H and O–H groups in total. The van der Waals surface area contributed by atoms with E-state index in [1.807, 2.05) is 6.07 Å². The molecule has 3 aromatic rings. The van der Waals surface area contributed by atoms with E-state index in [1.54, 1.807) is 36.4 Å². The minimum Gasteiger partial charge on any atom is -0.351 e. The number of nitrogens with zero attached hydrogens (tertiary/aromatic N) is 5. The van der Waals surface area contributed by atoms with E-state index in [0.29, 0.717) is 17.7 Å². The summed E-state index contributed by atoms with van der Waals surface area (Å²) < 4.78 is 0.817. The summed E-state index contributed by atoms with van der Waals surface area (Å²) in [7, 11) is 0. The number of benzene rings is 2. The van der Waals surface area contributed by atoms with Crippen LogP contribution in [-0.2, 0) is 0 Å². The van der Waals surface area contributed by atoms with E-state index in [9.17, 15) is 14.9 Å². The first-order chi connectivity index (χ1) is 15.0. The summed E-state index contributed by atoms with van der Waals surface area (Å²) in [6.45, 7) is 4.62. The van der Waals surface area contributed by atoms with Gasteiger partial charge in [-0.2, -0.15) is 5.26 Å². The summed E-state index contributed by atoms with van der Waals surface area (Å²) in [4.78, 5) is 31.9. The van der Waals surface area contributed by atoms with Crippen LogP contribution < -0.4 is 10.2 Å². The van der Waals surface area contributed by atoms with E-state index in [2.05, 4.69) is 20.1 Å². The number of thiazole rings is 1. The maximum atomic E-state index is 12.2. The van der Waals surface area contributed by atoms with Crippen molar-refractivity contribution in [3.05, 3.63) is 63.7 Å². The zero-order chi connectivity index (χ0) is 21.8. The number of amides is 1. The average molecular weight is 436 g/mol. The van der Waals surface area contributed by atoms with Gasteiger partial charge in [0, 0.05) is 57.0 Å². The van der Waals surface area contributed by atoms with E-state index in [1.165, 1.54) is 17.4 Å². The van der Waals surface area contributed by atoms with Crippen LogP contribution in [0, 0.1) is 21.4 Å². The number of hydrogen-bond donors (Lipinski definition) is 1. The predicted octanol–water partition coefficient (Wildman–Crippen LogP) is 2.63. The summed E-state index contributed by atoms with van der Waals surface area (Å²) in [5, 5.41) is 23.6. The number of nitro groups is 1. The van der Waals surface area contributed by atoms with Crippen molar-refractivity contribution in [2.24, 2.45) is 0 Å². The number of carbonyl (C=O) groups is 1. The fraction of sp³-hybridized carbons (Fsp3) is 0.286. The number of piperazine rings is 1. The largest absolute Gasteiger partial charge is 0.351 e. The number of nitrogens with one attached hydrogen (secondary N) is 1.